The van der Waals surface area contributed by atoms with E-state index < -0.39 is 0 Å². The van der Waals surface area contributed by atoms with Crippen molar-refractivity contribution >= 4 is 34.5 Å². The summed E-state index contributed by atoms with van der Waals surface area (Å²) in [6, 6.07) is 10.9. The van der Waals surface area contributed by atoms with Gasteiger partial charge >= 0.3 is 0 Å². The highest BCUT2D eigenvalue weighted by Crippen LogP contribution is 2.24. The number of para-hydroxylation sites is 2. The number of hydrogen-bond acceptors (Lipinski definition) is 4. The number of anilines is 2. The van der Waals surface area contributed by atoms with E-state index in [0.29, 0.717) is 16.3 Å². The summed E-state index contributed by atoms with van der Waals surface area (Å²) in [6.45, 7) is 1.74. The zero-order valence-electron chi connectivity index (χ0n) is 12.7. The maximum absolute atomic E-state index is 12.4. The maximum atomic E-state index is 12.4. The molecule has 23 heavy (non-hydrogen) atoms. The molecule has 2 amide bonds. The lowest BCUT2D eigenvalue weighted by Crippen LogP contribution is -2.34. The van der Waals surface area contributed by atoms with Gasteiger partial charge in [-0.1, -0.05) is 18.2 Å². The van der Waals surface area contributed by atoms with Crippen LogP contribution in [0.15, 0.2) is 41.8 Å². The molecule has 120 valence electrons. The van der Waals surface area contributed by atoms with Crippen molar-refractivity contribution in [1.82, 2.24) is 5.32 Å². The molecule has 1 aliphatic rings. The number of rotatable bonds is 4. The van der Waals surface area contributed by atoms with Crippen molar-refractivity contribution in [2.75, 3.05) is 23.7 Å². The number of carbonyl (C=O) groups is 2. The number of carbonyl (C=O) groups excluding carboxylic acids is 2. The molecule has 1 aromatic carbocycles. The Kier molecular flexibility index (Phi) is 5.05. The number of piperidine rings is 1. The van der Waals surface area contributed by atoms with E-state index in [-0.39, 0.29) is 17.7 Å². The van der Waals surface area contributed by atoms with Gasteiger partial charge in [0.1, 0.15) is 0 Å². The standard InChI is InChI=1S/C17H19N3O2S/c21-16(12-7-9-18-10-8-12)19-13-4-1-2-5-14(13)20-17(22)15-6-3-11-23-15/h1-6,11-12,18H,7-10H2,(H,19,21)(H,20,22). The van der Waals surface area contributed by atoms with Crippen molar-refractivity contribution in [2.45, 2.75) is 12.8 Å². The SMILES string of the molecule is O=C(Nc1ccccc1NC(=O)C1CCNCC1)c1cccs1. The van der Waals surface area contributed by atoms with Gasteiger partial charge in [-0.25, -0.2) is 0 Å². The van der Waals surface area contributed by atoms with Gasteiger partial charge in [0.05, 0.1) is 16.3 Å². The van der Waals surface area contributed by atoms with Crippen LogP contribution in [0.2, 0.25) is 0 Å². The van der Waals surface area contributed by atoms with Crippen LogP contribution < -0.4 is 16.0 Å². The van der Waals surface area contributed by atoms with Gasteiger partial charge in [0.15, 0.2) is 0 Å². The number of benzene rings is 1. The third-order valence-electron chi connectivity index (χ3n) is 3.89. The lowest BCUT2D eigenvalue weighted by molar-refractivity contribution is -0.120. The average molecular weight is 329 g/mol. The predicted octanol–water partition coefficient (Wildman–Crippen LogP) is 2.94. The van der Waals surface area contributed by atoms with E-state index in [1.165, 1.54) is 11.3 Å². The van der Waals surface area contributed by atoms with Crippen LogP contribution in [0.1, 0.15) is 22.5 Å². The fraction of sp³-hybridized carbons (Fsp3) is 0.294. The van der Waals surface area contributed by atoms with E-state index >= 15 is 0 Å². The Balaban J connectivity index is 1.70. The molecule has 1 aromatic heterocycles. The number of thiophene rings is 1. The molecular formula is C17H19N3O2S. The van der Waals surface area contributed by atoms with E-state index in [9.17, 15) is 9.59 Å². The highest BCUT2D eigenvalue weighted by atomic mass is 32.1. The normalized spacial score (nSPS) is 15.1. The summed E-state index contributed by atoms with van der Waals surface area (Å²) in [4.78, 5) is 25.2. The Morgan fingerprint density at radius 3 is 2.35 bits per heavy atom. The Hall–Kier alpha value is -2.18. The lowest BCUT2D eigenvalue weighted by atomic mass is 9.97. The van der Waals surface area contributed by atoms with Crippen molar-refractivity contribution < 1.29 is 9.59 Å². The quantitative estimate of drug-likeness (QED) is 0.808. The number of amides is 2. The smallest absolute Gasteiger partial charge is 0.265 e. The van der Waals surface area contributed by atoms with Crippen molar-refractivity contribution in [3.05, 3.63) is 46.7 Å². The molecule has 1 fully saturated rings. The maximum Gasteiger partial charge on any atom is 0.265 e. The van der Waals surface area contributed by atoms with E-state index in [1.807, 2.05) is 29.6 Å². The zero-order chi connectivity index (χ0) is 16.1. The van der Waals surface area contributed by atoms with Gasteiger partial charge in [0, 0.05) is 5.92 Å². The Morgan fingerprint density at radius 2 is 1.70 bits per heavy atom. The van der Waals surface area contributed by atoms with Gasteiger partial charge in [0.2, 0.25) is 5.91 Å². The summed E-state index contributed by atoms with van der Waals surface area (Å²) in [5, 5.41) is 10.9. The summed E-state index contributed by atoms with van der Waals surface area (Å²) >= 11 is 1.39. The molecule has 0 unspecified atom stereocenters. The van der Waals surface area contributed by atoms with E-state index in [1.54, 1.807) is 12.1 Å². The van der Waals surface area contributed by atoms with Crippen LogP contribution in [0.3, 0.4) is 0 Å². The van der Waals surface area contributed by atoms with Crippen LogP contribution in [0.5, 0.6) is 0 Å². The second kappa shape index (κ2) is 7.39. The van der Waals surface area contributed by atoms with Gasteiger partial charge in [0.25, 0.3) is 5.91 Å². The van der Waals surface area contributed by atoms with Gasteiger partial charge in [-0.3, -0.25) is 9.59 Å². The Morgan fingerprint density at radius 1 is 1.00 bits per heavy atom. The Bertz CT molecular complexity index is 679. The largest absolute Gasteiger partial charge is 0.324 e. The van der Waals surface area contributed by atoms with Gasteiger partial charge in [-0.2, -0.15) is 0 Å². The molecule has 2 aromatic rings. The second-order valence-electron chi connectivity index (χ2n) is 5.49. The molecule has 6 heteroatoms. The minimum absolute atomic E-state index is 0.0179. The van der Waals surface area contributed by atoms with E-state index in [2.05, 4.69) is 16.0 Å². The number of nitrogens with one attached hydrogen (secondary N) is 3. The van der Waals surface area contributed by atoms with Crippen molar-refractivity contribution in [2.24, 2.45) is 5.92 Å². The van der Waals surface area contributed by atoms with Crippen LogP contribution >= 0.6 is 11.3 Å². The molecule has 3 rings (SSSR count). The predicted molar refractivity (Wildman–Crippen MR) is 92.9 cm³/mol. The van der Waals surface area contributed by atoms with Crippen LogP contribution in [-0.2, 0) is 4.79 Å². The van der Waals surface area contributed by atoms with Crippen LogP contribution in [0.25, 0.3) is 0 Å². The van der Waals surface area contributed by atoms with Gasteiger partial charge in [-0.05, 0) is 49.5 Å². The second-order valence-corrected chi connectivity index (χ2v) is 6.44. The van der Waals surface area contributed by atoms with Gasteiger partial charge < -0.3 is 16.0 Å². The van der Waals surface area contributed by atoms with Crippen molar-refractivity contribution in [3.8, 4) is 0 Å². The Labute approximate surface area is 139 Å². The number of hydrogen-bond donors (Lipinski definition) is 3. The summed E-state index contributed by atoms with van der Waals surface area (Å²) < 4.78 is 0. The minimum Gasteiger partial charge on any atom is -0.324 e. The summed E-state index contributed by atoms with van der Waals surface area (Å²) in [5.41, 5.74) is 1.26. The average Bonchev–Trinajstić information content (AvgIpc) is 3.12. The molecule has 1 saturated heterocycles. The highest BCUT2D eigenvalue weighted by Gasteiger charge is 2.21. The monoisotopic (exact) mass is 329 g/mol. The summed E-state index contributed by atoms with van der Waals surface area (Å²) in [7, 11) is 0. The van der Waals surface area contributed by atoms with E-state index in [0.717, 1.165) is 25.9 Å². The molecule has 3 N–H and O–H groups in total. The topological polar surface area (TPSA) is 70.2 Å². The third-order valence-corrected chi connectivity index (χ3v) is 4.76. The van der Waals surface area contributed by atoms with Crippen LogP contribution in [-0.4, -0.2) is 24.9 Å². The first-order chi connectivity index (χ1) is 11.2. The van der Waals surface area contributed by atoms with Gasteiger partial charge in [-0.15, -0.1) is 11.3 Å². The lowest BCUT2D eigenvalue weighted by Gasteiger charge is -2.22. The molecule has 0 aliphatic carbocycles. The first-order valence-electron chi connectivity index (χ1n) is 7.69. The molecule has 5 nitrogen and oxygen atoms in total. The fourth-order valence-corrected chi connectivity index (χ4v) is 3.23. The van der Waals surface area contributed by atoms with Crippen molar-refractivity contribution in [1.29, 1.82) is 0 Å². The molecule has 0 spiro atoms. The molecule has 0 radical (unpaired) electrons. The first kappa shape index (κ1) is 15.7. The summed E-state index contributed by atoms with van der Waals surface area (Å²) in [6.07, 6.45) is 1.69. The van der Waals surface area contributed by atoms with Crippen LogP contribution in [0.4, 0.5) is 11.4 Å². The third kappa shape index (κ3) is 3.97. The van der Waals surface area contributed by atoms with Crippen LogP contribution in [0, 0.1) is 5.92 Å². The molecule has 0 bridgehead atoms. The molecular weight excluding hydrogens is 310 g/mol. The van der Waals surface area contributed by atoms with Crippen molar-refractivity contribution in [3.63, 3.8) is 0 Å². The minimum atomic E-state index is -0.163. The fourth-order valence-electron chi connectivity index (χ4n) is 2.61. The molecule has 2 heterocycles. The van der Waals surface area contributed by atoms with E-state index in [4.69, 9.17) is 0 Å². The first-order valence-corrected chi connectivity index (χ1v) is 8.57. The molecule has 0 saturated carbocycles. The zero-order valence-corrected chi connectivity index (χ0v) is 13.5. The highest BCUT2D eigenvalue weighted by molar-refractivity contribution is 7.12. The molecule has 0 atom stereocenters. The molecule has 1 aliphatic heterocycles. The summed E-state index contributed by atoms with van der Waals surface area (Å²) in [5.74, 6) is -0.120.